The third-order valence-corrected chi connectivity index (χ3v) is 4.87. The molecule has 1 aromatic carbocycles. The highest BCUT2D eigenvalue weighted by atomic mass is 79.9. The molecule has 1 aromatic heterocycles. The van der Waals surface area contributed by atoms with Crippen molar-refractivity contribution in [3.8, 4) is 0 Å². The minimum atomic E-state index is -3.70. The van der Waals surface area contributed by atoms with Crippen molar-refractivity contribution in [1.29, 1.82) is 0 Å². The molecule has 0 bridgehead atoms. The summed E-state index contributed by atoms with van der Waals surface area (Å²) in [6, 6.07) is 8.25. The van der Waals surface area contributed by atoms with Gasteiger partial charge in [-0.25, -0.2) is 13.4 Å². The van der Waals surface area contributed by atoms with Crippen molar-refractivity contribution in [3.05, 3.63) is 52.9 Å². The lowest BCUT2D eigenvalue weighted by Crippen LogP contribution is -2.11. The van der Waals surface area contributed by atoms with Crippen LogP contribution in [0.1, 0.15) is 10.9 Å². The first-order valence-corrected chi connectivity index (χ1v) is 7.89. The van der Waals surface area contributed by atoms with Gasteiger partial charge < -0.3 is 4.42 Å². The van der Waals surface area contributed by atoms with Crippen molar-refractivity contribution in [3.63, 3.8) is 0 Å². The quantitative estimate of drug-likeness (QED) is 0.619. The van der Waals surface area contributed by atoms with E-state index in [4.69, 9.17) is 4.42 Å². The number of furan rings is 1. The molecule has 0 N–H and O–H groups in total. The van der Waals surface area contributed by atoms with Crippen molar-refractivity contribution in [2.24, 2.45) is 4.99 Å². The van der Waals surface area contributed by atoms with Gasteiger partial charge in [0.05, 0.1) is 11.4 Å². The third-order valence-electron chi connectivity index (χ3n) is 2.42. The highest BCUT2D eigenvalue weighted by Gasteiger charge is 2.29. The molecule has 2 rings (SSSR count). The van der Waals surface area contributed by atoms with E-state index in [1.807, 2.05) is 0 Å². The van der Waals surface area contributed by atoms with Crippen LogP contribution >= 0.6 is 28.1 Å². The number of hydrogen-bond acceptors (Lipinski definition) is 5. The smallest absolute Gasteiger partial charge is 0.209 e. The van der Waals surface area contributed by atoms with Gasteiger partial charge in [-0.05, 0) is 36.0 Å². The van der Waals surface area contributed by atoms with Crippen molar-refractivity contribution >= 4 is 43.1 Å². The van der Waals surface area contributed by atoms with E-state index in [2.05, 4.69) is 38.3 Å². The third kappa shape index (κ3) is 3.01. The van der Waals surface area contributed by atoms with Crippen molar-refractivity contribution < 1.29 is 12.8 Å². The van der Waals surface area contributed by atoms with Crippen LogP contribution in [0.15, 0.2) is 61.6 Å². The summed E-state index contributed by atoms with van der Waals surface area (Å²) in [5.41, 5.74) is 0.507. The summed E-state index contributed by atoms with van der Waals surface area (Å²) in [4.78, 5) is 3.84. The van der Waals surface area contributed by atoms with Gasteiger partial charge in [0, 0.05) is 4.47 Å². The Hall–Kier alpha value is -1.27. The lowest BCUT2D eigenvalue weighted by atomic mass is 10.2. The lowest BCUT2D eigenvalue weighted by Gasteiger charge is -2.11. The molecular formula is C12H8BrNO3S2. The highest BCUT2D eigenvalue weighted by Crippen LogP contribution is 2.31. The van der Waals surface area contributed by atoms with Crippen LogP contribution in [0.2, 0.25) is 0 Å². The molecule has 4 nitrogen and oxygen atoms in total. The van der Waals surface area contributed by atoms with Gasteiger partial charge in [-0.1, -0.05) is 28.1 Å². The van der Waals surface area contributed by atoms with E-state index < -0.39 is 15.2 Å². The number of aliphatic imine (C=N–C) groups is 1. The van der Waals surface area contributed by atoms with E-state index in [1.165, 1.54) is 18.6 Å². The van der Waals surface area contributed by atoms with Gasteiger partial charge in [0.1, 0.15) is 11.2 Å². The summed E-state index contributed by atoms with van der Waals surface area (Å²) >= 11 is 7.84. The molecule has 19 heavy (non-hydrogen) atoms. The second-order valence-corrected chi connectivity index (χ2v) is 6.74. The maximum absolute atomic E-state index is 12.4. The first-order chi connectivity index (χ1) is 9.05. The van der Waals surface area contributed by atoms with Crippen molar-refractivity contribution in [2.45, 2.75) is 10.3 Å². The zero-order valence-corrected chi connectivity index (χ0v) is 12.7. The van der Waals surface area contributed by atoms with Crippen LogP contribution in [-0.2, 0) is 9.84 Å². The summed E-state index contributed by atoms with van der Waals surface area (Å²) in [5, 5.41) is 1.01. The number of halogens is 1. The molecule has 0 aliphatic rings. The largest absolute Gasteiger partial charge is 0.471 e. The molecule has 0 fully saturated rings. The summed E-state index contributed by atoms with van der Waals surface area (Å²) in [6.07, 6.45) is 2.46. The van der Waals surface area contributed by atoms with Gasteiger partial charge in [-0.2, -0.15) is 0 Å². The molecule has 0 amide bonds. The molecule has 0 aliphatic heterocycles. The van der Waals surface area contributed by atoms with Crippen LogP contribution in [0, 0.1) is 0 Å². The molecule has 0 saturated carbocycles. The molecule has 2 aromatic rings. The summed E-state index contributed by atoms with van der Waals surface area (Å²) < 4.78 is 30.5. The van der Waals surface area contributed by atoms with E-state index in [0.29, 0.717) is 5.56 Å². The Kier molecular flexibility index (Phi) is 4.31. The number of sulfone groups is 1. The normalized spacial score (nSPS) is 12.7. The fraction of sp³-hybridized carbons (Fsp3) is 0.0833. The second kappa shape index (κ2) is 5.79. The van der Waals surface area contributed by atoms with Crippen LogP contribution in [0.25, 0.3) is 0 Å². The van der Waals surface area contributed by atoms with Crippen LogP contribution < -0.4 is 0 Å². The van der Waals surface area contributed by atoms with E-state index in [1.54, 1.807) is 24.3 Å². The zero-order valence-electron chi connectivity index (χ0n) is 9.49. The maximum Gasteiger partial charge on any atom is 0.209 e. The van der Waals surface area contributed by atoms with E-state index in [9.17, 15) is 8.42 Å². The van der Waals surface area contributed by atoms with E-state index in [-0.39, 0.29) is 4.90 Å². The number of nitrogens with zero attached hydrogens (tertiary/aromatic N) is 1. The Labute approximate surface area is 124 Å². The first-order valence-electron chi connectivity index (χ1n) is 5.14. The molecule has 0 saturated heterocycles. The van der Waals surface area contributed by atoms with Crippen LogP contribution in [0.5, 0.6) is 0 Å². The van der Waals surface area contributed by atoms with E-state index >= 15 is 0 Å². The second-order valence-electron chi connectivity index (χ2n) is 3.63. The SMILES string of the molecule is O=S(=O)(c1ccoc1)C(N=C=S)c1cccc(Br)c1. The Morgan fingerprint density at radius 1 is 1.37 bits per heavy atom. The fourth-order valence-electron chi connectivity index (χ4n) is 1.57. The zero-order chi connectivity index (χ0) is 13.9. The van der Waals surface area contributed by atoms with Crippen LogP contribution in [-0.4, -0.2) is 13.6 Å². The highest BCUT2D eigenvalue weighted by molar-refractivity contribution is 9.10. The number of thiocarbonyl (C=S) groups is 1. The Morgan fingerprint density at radius 3 is 2.74 bits per heavy atom. The Morgan fingerprint density at radius 2 is 2.16 bits per heavy atom. The number of isothiocyanates is 1. The first kappa shape index (κ1) is 14.1. The van der Waals surface area contributed by atoms with Crippen LogP contribution in [0.4, 0.5) is 0 Å². The monoisotopic (exact) mass is 357 g/mol. The standard InChI is InChI=1S/C12H8BrNO3S2/c13-10-3-1-2-9(6-10)12(14-8-18)19(15,16)11-4-5-17-7-11/h1-7,12H. The molecule has 7 heteroatoms. The summed E-state index contributed by atoms with van der Waals surface area (Å²) in [7, 11) is -3.70. The van der Waals surface area contributed by atoms with Crippen molar-refractivity contribution in [2.75, 3.05) is 0 Å². The van der Waals surface area contributed by atoms with E-state index in [0.717, 1.165) is 4.47 Å². The predicted octanol–water partition coefficient (Wildman–Crippen LogP) is 3.62. The summed E-state index contributed by atoms with van der Waals surface area (Å²) in [5.74, 6) is 0. The van der Waals surface area contributed by atoms with Gasteiger partial charge in [-0.3, -0.25) is 0 Å². The Balaban J connectivity index is 2.56. The molecule has 0 aliphatic carbocycles. The number of hydrogen-bond donors (Lipinski definition) is 0. The predicted molar refractivity (Wildman–Crippen MR) is 77.8 cm³/mol. The minimum absolute atomic E-state index is 0.0616. The van der Waals surface area contributed by atoms with Gasteiger partial charge in [0.2, 0.25) is 9.84 Å². The van der Waals surface area contributed by atoms with Gasteiger partial charge in [0.15, 0.2) is 5.37 Å². The molecule has 0 spiro atoms. The average molecular weight is 358 g/mol. The lowest BCUT2D eigenvalue weighted by molar-refractivity contribution is 0.553. The van der Waals surface area contributed by atoms with Crippen LogP contribution in [0.3, 0.4) is 0 Å². The topological polar surface area (TPSA) is 59.6 Å². The molecule has 0 radical (unpaired) electrons. The fourth-order valence-corrected chi connectivity index (χ4v) is 3.55. The van der Waals surface area contributed by atoms with Gasteiger partial charge >= 0.3 is 0 Å². The van der Waals surface area contributed by atoms with Crippen molar-refractivity contribution in [1.82, 2.24) is 0 Å². The average Bonchev–Trinajstić information content (AvgIpc) is 2.90. The minimum Gasteiger partial charge on any atom is -0.471 e. The molecule has 1 atom stereocenters. The van der Waals surface area contributed by atoms with Gasteiger partial charge in [0.25, 0.3) is 0 Å². The summed E-state index contributed by atoms with van der Waals surface area (Å²) in [6.45, 7) is 0. The molecular weight excluding hydrogens is 350 g/mol. The molecule has 1 heterocycles. The Bertz CT molecular complexity index is 719. The molecule has 98 valence electrons. The number of rotatable bonds is 4. The van der Waals surface area contributed by atoms with Gasteiger partial charge in [-0.15, -0.1) is 0 Å². The maximum atomic E-state index is 12.4. The molecule has 1 unspecified atom stereocenters. The number of benzene rings is 1.